The molecule has 0 atom stereocenters. The van der Waals surface area contributed by atoms with Crippen molar-refractivity contribution in [3.8, 4) is 0 Å². The van der Waals surface area contributed by atoms with Gasteiger partial charge in [0, 0.05) is 4.90 Å². The minimum absolute atomic E-state index is 0.443. The molecule has 0 saturated heterocycles. The predicted molar refractivity (Wildman–Crippen MR) is 62.9 cm³/mol. The molecule has 0 aliphatic carbocycles. The molecule has 0 bridgehead atoms. The number of rotatable bonds is 2. The molecule has 1 aliphatic rings. The van der Waals surface area contributed by atoms with Gasteiger partial charge in [0.1, 0.15) is 0 Å². The molecule has 0 nitrogen and oxygen atoms in total. The van der Waals surface area contributed by atoms with Gasteiger partial charge in [-0.05, 0) is 54.2 Å². The Morgan fingerprint density at radius 2 is 2.21 bits per heavy atom. The maximum Gasteiger partial charge on any atom is 0.0110 e. The monoisotopic (exact) mass is 205 g/mol. The van der Waals surface area contributed by atoms with Crippen molar-refractivity contribution in [3.63, 3.8) is 0 Å². The Balaban J connectivity index is 2.48. The Morgan fingerprint density at radius 1 is 1.43 bits per heavy atom. The number of hydrogen-bond acceptors (Lipinski definition) is 1. The summed E-state index contributed by atoms with van der Waals surface area (Å²) in [5, 5.41) is 0. The van der Waals surface area contributed by atoms with Crippen molar-refractivity contribution in [1.82, 2.24) is 0 Å². The minimum atomic E-state index is 0.443. The molecule has 1 radical (unpaired) electrons. The first-order chi connectivity index (χ1) is 6.82. The van der Waals surface area contributed by atoms with Gasteiger partial charge in [-0.2, -0.15) is 0 Å². The van der Waals surface area contributed by atoms with E-state index in [1.54, 1.807) is 5.56 Å². The number of benzene rings is 1. The van der Waals surface area contributed by atoms with Gasteiger partial charge in [-0.1, -0.05) is 19.9 Å². The maximum atomic E-state index is 3.23. The van der Waals surface area contributed by atoms with E-state index < -0.39 is 0 Å². The number of fused-ring (bicyclic) bond motifs is 1. The largest absolute Gasteiger partial charge is 0.126 e. The van der Waals surface area contributed by atoms with E-state index in [-0.39, 0.29) is 0 Å². The minimum Gasteiger partial charge on any atom is -0.126 e. The second-order valence-corrected chi connectivity index (χ2v) is 5.14. The first kappa shape index (κ1) is 10.1. The van der Waals surface area contributed by atoms with Crippen LogP contribution in [0.1, 0.15) is 38.7 Å². The average Bonchev–Trinajstić information content (AvgIpc) is 2.28. The van der Waals surface area contributed by atoms with Crippen LogP contribution in [0.2, 0.25) is 0 Å². The molecule has 0 aromatic heterocycles. The van der Waals surface area contributed by atoms with Crippen molar-refractivity contribution in [2.24, 2.45) is 0 Å². The van der Waals surface area contributed by atoms with Crippen LogP contribution in [0.25, 0.3) is 0 Å². The summed E-state index contributed by atoms with van der Waals surface area (Å²) in [6.07, 6.45) is 3.85. The lowest BCUT2D eigenvalue weighted by molar-refractivity contribution is 0.373. The van der Waals surface area contributed by atoms with E-state index >= 15 is 0 Å². The van der Waals surface area contributed by atoms with Crippen molar-refractivity contribution >= 4 is 11.8 Å². The molecule has 1 aromatic rings. The molecule has 14 heavy (non-hydrogen) atoms. The summed E-state index contributed by atoms with van der Waals surface area (Å²) < 4.78 is 0. The SMILES string of the molecule is CCC1(CC)CCSc2cc[c]cc21. The second-order valence-electron chi connectivity index (χ2n) is 4.01. The standard InChI is InChI=1S/C13H17S/c1-3-13(4-2)9-10-14-12-8-6-5-7-11(12)13/h6-8H,3-4,9-10H2,1-2H3. The lowest BCUT2D eigenvalue weighted by atomic mass is 9.73. The third-order valence-corrected chi connectivity index (χ3v) is 4.66. The normalized spacial score (nSPS) is 19.0. The highest BCUT2D eigenvalue weighted by atomic mass is 32.2. The van der Waals surface area contributed by atoms with Crippen molar-refractivity contribution < 1.29 is 0 Å². The molecular formula is C13H17S. The van der Waals surface area contributed by atoms with Crippen molar-refractivity contribution in [2.75, 3.05) is 5.75 Å². The number of hydrogen-bond donors (Lipinski definition) is 0. The van der Waals surface area contributed by atoms with E-state index in [0.29, 0.717) is 5.41 Å². The fourth-order valence-electron chi connectivity index (χ4n) is 2.43. The molecule has 1 heteroatoms. The maximum absolute atomic E-state index is 3.23. The molecular weight excluding hydrogens is 188 g/mol. The highest BCUT2D eigenvalue weighted by molar-refractivity contribution is 7.99. The molecule has 75 valence electrons. The van der Waals surface area contributed by atoms with Crippen molar-refractivity contribution in [2.45, 2.75) is 43.4 Å². The Hall–Kier alpha value is -0.430. The van der Waals surface area contributed by atoms with Crippen LogP contribution in [0.5, 0.6) is 0 Å². The molecule has 0 saturated carbocycles. The van der Waals surface area contributed by atoms with Crippen molar-refractivity contribution in [3.05, 3.63) is 29.8 Å². The second kappa shape index (κ2) is 3.98. The summed E-state index contributed by atoms with van der Waals surface area (Å²) in [5.41, 5.74) is 1.99. The Kier molecular flexibility index (Phi) is 2.87. The molecule has 0 unspecified atom stereocenters. The highest BCUT2D eigenvalue weighted by Gasteiger charge is 2.33. The van der Waals surface area contributed by atoms with Crippen molar-refractivity contribution in [1.29, 1.82) is 0 Å². The Labute approximate surface area is 91.1 Å². The predicted octanol–water partition coefficient (Wildman–Crippen LogP) is 4.04. The van der Waals surface area contributed by atoms with E-state index in [1.165, 1.54) is 29.9 Å². The zero-order valence-corrected chi connectivity index (χ0v) is 9.79. The molecule has 2 rings (SSSR count). The summed E-state index contributed by atoms with van der Waals surface area (Å²) in [4.78, 5) is 1.48. The zero-order valence-electron chi connectivity index (χ0n) is 8.97. The van der Waals surface area contributed by atoms with Gasteiger partial charge in [0.05, 0.1) is 0 Å². The van der Waals surface area contributed by atoms with E-state index in [0.717, 1.165) is 0 Å². The topological polar surface area (TPSA) is 0 Å². The molecule has 0 N–H and O–H groups in total. The van der Waals surface area contributed by atoms with Gasteiger partial charge in [-0.25, -0.2) is 0 Å². The van der Waals surface area contributed by atoms with E-state index in [4.69, 9.17) is 0 Å². The third kappa shape index (κ3) is 1.48. The van der Waals surface area contributed by atoms with Gasteiger partial charge >= 0.3 is 0 Å². The first-order valence-corrected chi connectivity index (χ1v) is 6.44. The zero-order chi connectivity index (χ0) is 10.0. The lowest BCUT2D eigenvalue weighted by Crippen LogP contribution is -2.28. The summed E-state index contributed by atoms with van der Waals surface area (Å²) in [6.45, 7) is 4.63. The van der Waals surface area contributed by atoms with Crippen LogP contribution in [0.15, 0.2) is 23.1 Å². The van der Waals surface area contributed by atoms with Crippen LogP contribution >= 0.6 is 11.8 Å². The quantitative estimate of drug-likeness (QED) is 0.702. The fraction of sp³-hybridized carbons (Fsp3) is 0.538. The van der Waals surface area contributed by atoms with Gasteiger partial charge in [0.2, 0.25) is 0 Å². The molecule has 1 heterocycles. The summed E-state index contributed by atoms with van der Waals surface area (Å²) in [7, 11) is 0. The summed E-state index contributed by atoms with van der Waals surface area (Å²) in [5.74, 6) is 1.28. The van der Waals surface area contributed by atoms with Gasteiger partial charge < -0.3 is 0 Å². The third-order valence-electron chi connectivity index (χ3n) is 3.59. The van der Waals surface area contributed by atoms with Crippen LogP contribution < -0.4 is 0 Å². The highest BCUT2D eigenvalue weighted by Crippen LogP contribution is 2.45. The van der Waals surface area contributed by atoms with Crippen LogP contribution in [-0.4, -0.2) is 5.75 Å². The van der Waals surface area contributed by atoms with Gasteiger partial charge in [0.25, 0.3) is 0 Å². The number of thioether (sulfide) groups is 1. The molecule has 0 spiro atoms. The molecule has 1 aliphatic heterocycles. The Bertz CT molecular complexity index is 313. The van der Waals surface area contributed by atoms with Gasteiger partial charge in [-0.3, -0.25) is 0 Å². The molecule has 0 fully saturated rings. The Morgan fingerprint density at radius 3 is 2.93 bits per heavy atom. The van der Waals surface area contributed by atoms with E-state index in [9.17, 15) is 0 Å². The van der Waals surface area contributed by atoms with Crippen LogP contribution in [-0.2, 0) is 5.41 Å². The average molecular weight is 205 g/mol. The van der Waals surface area contributed by atoms with Crippen LogP contribution in [0.3, 0.4) is 0 Å². The lowest BCUT2D eigenvalue weighted by Gasteiger charge is -2.37. The molecule has 0 amide bonds. The van der Waals surface area contributed by atoms with Crippen LogP contribution in [0.4, 0.5) is 0 Å². The first-order valence-electron chi connectivity index (χ1n) is 5.46. The summed E-state index contributed by atoms with van der Waals surface area (Å²) >= 11 is 2.00. The van der Waals surface area contributed by atoms with Gasteiger partial charge in [0.15, 0.2) is 0 Å². The van der Waals surface area contributed by atoms with E-state index in [2.05, 4.69) is 32.0 Å². The smallest absolute Gasteiger partial charge is 0.0110 e. The van der Waals surface area contributed by atoms with Crippen LogP contribution in [0, 0.1) is 6.07 Å². The fourth-order valence-corrected chi connectivity index (χ4v) is 3.74. The molecule has 1 aromatic carbocycles. The van der Waals surface area contributed by atoms with E-state index in [1.807, 2.05) is 17.8 Å². The van der Waals surface area contributed by atoms with Gasteiger partial charge in [-0.15, -0.1) is 11.8 Å². The summed E-state index contributed by atoms with van der Waals surface area (Å²) in [6, 6.07) is 9.69.